The van der Waals surface area contributed by atoms with Crippen molar-refractivity contribution in [3.05, 3.63) is 59.3 Å². The van der Waals surface area contributed by atoms with E-state index in [1.807, 2.05) is 48.4 Å². The molecule has 0 N–H and O–H groups in total. The van der Waals surface area contributed by atoms with Crippen molar-refractivity contribution in [3.8, 4) is 17.1 Å². The van der Waals surface area contributed by atoms with Gasteiger partial charge in [-0.2, -0.15) is 0 Å². The molecule has 0 radical (unpaired) electrons. The third-order valence-corrected chi connectivity index (χ3v) is 5.82. The van der Waals surface area contributed by atoms with Gasteiger partial charge in [-0.3, -0.25) is 4.79 Å². The van der Waals surface area contributed by atoms with E-state index in [0.717, 1.165) is 35.6 Å². The van der Waals surface area contributed by atoms with Crippen LogP contribution in [0, 0.1) is 6.92 Å². The van der Waals surface area contributed by atoms with E-state index >= 15 is 0 Å². The molecule has 3 aromatic rings. The number of rotatable bonds is 4. The van der Waals surface area contributed by atoms with Gasteiger partial charge in [0.05, 0.1) is 29.6 Å². The van der Waals surface area contributed by atoms with E-state index in [4.69, 9.17) is 14.2 Å². The van der Waals surface area contributed by atoms with Gasteiger partial charge < -0.3 is 14.2 Å². The Morgan fingerprint density at radius 1 is 1.25 bits per heavy atom. The number of nitrogens with zero attached hydrogens (tertiary/aromatic N) is 4. The van der Waals surface area contributed by atoms with Crippen LogP contribution in [0.25, 0.3) is 11.3 Å². The Balaban J connectivity index is 1.70. The van der Waals surface area contributed by atoms with Crippen molar-refractivity contribution < 1.29 is 14.1 Å². The molecule has 0 bridgehead atoms. The van der Waals surface area contributed by atoms with Crippen molar-refractivity contribution >= 4 is 5.91 Å². The number of methoxy groups -OCH3 is 1. The Kier molecular flexibility index (Phi) is 6.00. The molecule has 7 nitrogen and oxygen atoms in total. The number of aromatic nitrogens is 3. The molecule has 0 saturated carbocycles. The zero-order chi connectivity index (χ0) is 22.9. The molecule has 0 spiro atoms. The van der Waals surface area contributed by atoms with Gasteiger partial charge in [-0.15, -0.1) is 0 Å². The number of aryl methyl sites for hydroxylation is 1. The lowest BCUT2D eigenvalue weighted by atomic mass is 9.89. The molecule has 1 aromatic carbocycles. The van der Waals surface area contributed by atoms with Crippen molar-refractivity contribution in [1.82, 2.24) is 20.0 Å². The fourth-order valence-corrected chi connectivity index (χ4v) is 4.12. The molecule has 2 aromatic heterocycles. The van der Waals surface area contributed by atoms with E-state index in [-0.39, 0.29) is 17.2 Å². The summed E-state index contributed by atoms with van der Waals surface area (Å²) in [6.45, 7) is 9.48. The lowest BCUT2D eigenvalue weighted by molar-refractivity contribution is 0.0702. The fraction of sp³-hybridized carbons (Fsp3) is 0.440. The Morgan fingerprint density at radius 3 is 2.72 bits per heavy atom. The molecular weight excluding hydrogens is 404 g/mol. The minimum Gasteiger partial charge on any atom is -0.496 e. The van der Waals surface area contributed by atoms with E-state index in [0.29, 0.717) is 30.2 Å². The monoisotopic (exact) mass is 434 g/mol. The summed E-state index contributed by atoms with van der Waals surface area (Å²) in [7, 11) is 1.59. The van der Waals surface area contributed by atoms with Crippen LogP contribution in [0.5, 0.6) is 5.75 Å². The van der Waals surface area contributed by atoms with E-state index < -0.39 is 0 Å². The second-order valence-corrected chi connectivity index (χ2v) is 9.37. The number of hydrogen-bond acceptors (Lipinski definition) is 6. The molecule has 32 heavy (non-hydrogen) atoms. The van der Waals surface area contributed by atoms with Crippen LogP contribution in [0.3, 0.4) is 0 Å². The normalized spacial score (nSPS) is 16.8. The van der Waals surface area contributed by atoms with Gasteiger partial charge in [0.2, 0.25) is 0 Å². The van der Waals surface area contributed by atoms with Crippen LogP contribution in [0.4, 0.5) is 0 Å². The number of para-hydroxylation sites is 1. The summed E-state index contributed by atoms with van der Waals surface area (Å²) < 4.78 is 11.0. The highest BCUT2D eigenvalue weighted by Gasteiger charge is 2.31. The molecule has 1 saturated heterocycles. The molecule has 3 heterocycles. The number of likely N-dealkylation sites (tertiary alicyclic amines) is 1. The van der Waals surface area contributed by atoms with Gasteiger partial charge in [-0.1, -0.05) is 38.1 Å². The number of benzene rings is 1. The molecule has 4 rings (SSSR count). The number of carbonyl (C=O) groups is 1. The Bertz CT molecular complexity index is 1120. The summed E-state index contributed by atoms with van der Waals surface area (Å²) in [4.78, 5) is 24.8. The SMILES string of the molecule is COc1ccccc1C(=O)N1CCCC(c2nc(C(C)(C)C)ncc2-c2cc(C)no2)C1. The van der Waals surface area contributed by atoms with Crippen LogP contribution in [0.15, 0.2) is 41.1 Å². The van der Waals surface area contributed by atoms with Crippen LogP contribution in [0.1, 0.15) is 67.1 Å². The van der Waals surface area contributed by atoms with Gasteiger partial charge in [0.1, 0.15) is 11.6 Å². The minimum atomic E-state index is -0.188. The minimum absolute atomic E-state index is 0.0192. The highest BCUT2D eigenvalue weighted by molar-refractivity contribution is 5.97. The van der Waals surface area contributed by atoms with Gasteiger partial charge in [0.25, 0.3) is 5.91 Å². The first-order valence-electron chi connectivity index (χ1n) is 11.0. The first-order valence-corrected chi connectivity index (χ1v) is 11.0. The molecular formula is C25H30N4O3. The largest absolute Gasteiger partial charge is 0.496 e. The summed E-state index contributed by atoms with van der Waals surface area (Å²) in [5, 5.41) is 4.04. The van der Waals surface area contributed by atoms with Crippen molar-refractivity contribution in [2.75, 3.05) is 20.2 Å². The number of hydrogen-bond donors (Lipinski definition) is 0. The third-order valence-electron chi connectivity index (χ3n) is 5.82. The van der Waals surface area contributed by atoms with Crippen LogP contribution in [0.2, 0.25) is 0 Å². The van der Waals surface area contributed by atoms with Crippen molar-refractivity contribution in [1.29, 1.82) is 0 Å². The van der Waals surface area contributed by atoms with E-state index in [1.165, 1.54) is 0 Å². The lowest BCUT2D eigenvalue weighted by Gasteiger charge is -2.34. The van der Waals surface area contributed by atoms with Gasteiger partial charge in [-0.25, -0.2) is 9.97 Å². The number of amides is 1. The summed E-state index contributed by atoms with van der Waals surface area (Å²) >= 11 is 0. The molecule has 1 amide bonds. The van der Waals surface area contributed by atoms with Crippen LogP contribution >= 0.6 is 0 Å². The van der Waals surface area contributed by atoms with E-state index in [2.05, 4.69) is 30.9 Å². The Morgan fingerprint density at radius 2 is 2.03 bits per heavy atom. The van der Waals surface area contributed by atoms with Crippen LogP contribution in [-0.2, 0) is 5.41 Å². The third kappa shape index (κ3) is 4.38. The maximum Gasteiger partial charge on any atom is 0.257 e. The maximum atomic E-state index is 13.3. The topological polar surface area (TPSA) is 81.4 Å². The maximum absolute atomic E-state index is 13.3. The quantitative estimate of drug-likeness (QED) is 0.589. The number of carbonyl (C=O) groups excluding carboxylic acids is 1. The molecule has 1 aliphatic rings. The summed E-state index contributed by atoms with van der Waals surface area (Å²) in [6.07, 6.45) is 3.68. The first-order chi connectivity index (χ1) is 15.3. The number of ether oxygens (including phenoxy) is 1. The Hall–Kier alpha value is -3.22. The van der Waals surface area contributed by atoms with Crippen LogP contribution < -0.4 is 4.74 Å². The molecule has 1 aliphatic heterocycles. The smallest absolute Gasteiger partial charge is 0.257 e. The van der Waals surface area contributed by atoms with E-state index in [9.17, 15) is 4.79 Å². The van der Waals surface area contributed by atoms with Crippen LogP contribution in [-0.4, -0.2) is 46.1 Å². The predicted molar refractivity (Wildman–Crippen MR) is 122 cm³/mol. The molecule has 168 valence electrons. The van der Waals surface area contributed by atoms with Gasteiger partial charge in [-0.05, 0) is 31.9 Å². The van der Waals surface area contributed by atoms with Gasteiger partial charge in [0.15, 0.2) is 5.76 Å². The summed E-state index contributed by atoms with van der Waals surface area (Å²) in [5.41, 5.74) is 2.96. The highest BCUT2D eigenvalue weighted by atomic mass is 16.5. The summed E-state index contributed by atoms with van der Waals surface area (Å²) in [5.74, 6) is 2.09. The van der Waals surface area contributed by atoms with Crippen molar-refractivity contribution in [2.45, 2.75) is 51.9 Å². The average molecular weight is 435 g/mol. The molecule has 0 aliphatic carbocycles. The van der Waals surface area contributed by atoms with E-state index in [1.54, 1.807) is 7.11 Å². The second kappa shape index (κ2) is 8.73. The van der Waals surface area contributed by atoms with Gasteiger partial charge >= 0.3 is 0 Å². The summed E-state index contributed by atoms with van der Waals surface area (Å²) in [6, 6.07) is 9.27. The molecule has 1 atom stereocenters. The number of piperidine rings is 1. The molecule has 1 unspecified atom stereocenters. The second-order valence-electron chi connectivity index (χ2n) is 9.37. The molecule has 7 heteroatoms. The Labute approximate surface area is 188 Å². The van der Waals surface area contributed by atoms with Gasteiger partial charge in [0, 0.05) is 36.7 Å². The lowest BCUT2D eigenvalue weighted by Crippen LogP contribution is -2.39. The zero-order valence-electron chi connectivity index (χ0n) is 19.4. The fourth-order valence-electron chi connectivity index (χ4n) is 4.12. The first kappa shape index (κ1) is 22.0. The average Bonchev–Trinajstić information content (AvgIpc) is 3.23. The zero-order valence-corrected chi connectivity index (χ0v) is 19.4. The standard InChI is InChI=1S/C25H30N4O3/c1-16-13-21(32-28-16)19-14-26-24(25(2,3)4)27-22(19)17-9-8-12-29(15-17)23(30)18-10-6-7-11-20(18)31-5/h6-7,10-11,13-14,17H,8-9,12,15H2,1-5H3. The predicted octanol–water partition coefficient (Wildman–Crippen LogP) is 4.77. The molecule has 1 fully saturated rings. The van der Waals surface area contributed by atoms with Crippen molar-refractivity contribution in [3.63, 3.8) is 0 Å². The van der Waals surface area contributed by atoms with Crippen molar-refractivity contribution in [2.24, 2.45) is 0 Å². The highest BCUT2D eigenvalue weighted by Crippen LogP contribution is 2.35.